The van der Waals surface area contributed by atoms with Gasteiger partial charge in [0.1, 0.15) is 0 Å². The van der Waals surface area contributed by atoms with Crippen LogP contribution in [0.15, 0.2) is 0 Å². The molecule has 2 rings (SSSR count). The standard InChI is InChI=1S/C14H26N2O2S/c1-14(7-4-8-19-14)10-15-13(18)16-12-6-3-2-5-11(12)9-17/h11-12,17H,2-10H2,1H3,(H2,15,16,18). The van der Waals surface area contributed by atoms with Crippen molar-refractivity contribution in [1.82, 2.24) is 10.6 Å². The highest BCUT2D eigenvalue weighted by molar-refractivity contribution is 8.00. The molecule has 1 saturated heterocycles. The number of thioether (sulfide) groups is 1. The molecule has 0 aromatic rings. The zero-order chi connectivity index (χ0) is 13.7. The molecule has 0 aromatic heterocycles. The molecule has 0 aromatic carbocycles. The molecule has 1 heterocycles. The molecule has 3 unspecified atom stereocenters. The van der Waals surface area contributed by atoms with Gasteiger partial charge in [0, 0.05) is 29.9 Å². The van der Waals surface area contributed by atoms with Crippen LogP contribution >= 0.6 is 11.8 Å². The average molecular weight is 286 g/mol. The SMILES string of the molecule is CC1(CNC(=O)NC2CCCCC2CO)CCCS1. The van der Waals surface area contributed by atoms with Gasteiger partial charge < -0.3 is 15.7 Å². The van der Waals surface area contributed by atoms with Gasteiger partial charge in [-0.15, -0.1) is 0 Å². The molecule has 3 N–H and O–H groups in total. The van der Waals surface area contributed by atoms with Crippen LogP contribution in [0, 0.1) is 5.92 Å². The normalized spacial score (nSPS) is 35.1. The van der Waals surface area contributed by atoms with Crippen LogP contribution in [0.2, 0.25) is 0 Å². The Labute approximate surface area is 120 Å². The second-order valence-electron chi connectivity index (χ2n) is 6.06. The zero-order valence-electron chi connectivity index (χ0n) is 11.8. The Morgan fingerprint density at radius 2 is 2.16 bits per heavy atom. The van der Waals surface area contributed by atoms with Crippen LogP contribution in [0.25, 0.3) is 0 Å². The summed E-state index contributed by atoms with van der Waals surface area (Å²) in [6.07, 6.45) is 6.76. The Hall–Kier alpha value is -0.420. The van der Waals surface area contributed by atoms with E-state index < -0.39 is 0 Å². The van der Waals surface area contributed by atoms with E-state index in [1.807, 2.05) is 11.8 Å². The molecule has 0 spiro atoms. The number of nitrogens with one attached hydrogen (secondary N) is 2. The van der Waals surface area contributed by atoms with Crippen molar-refractivity contribution in [1.29, 1.82) is 0 Å². The fourth-order valence-corrected chi connectivity index (χ4v) is 4.32. The highest BCUT2D eigenvalue weighted by atomic mass is 32.2. The van der Waals surface area contributed by atoms with Gasteiger partial charge in [0.15, 0.2) is 0 Å². The van der Waals surface area contributed by atoms with Gasteiger partial charge in [-0.25, -0.2) is 4.79 Å². The van der Waals surface area contributed by atoms with Gasteiger partial charge in [-0.05, 0) is 38.4 Å². The van der Waals surface area contributed by atoms with Gasteiger partial charge >= 0.3 is 6.03 Å². The molecular formula is C14H26N2O2S. The second-order valence-corrected chi connectivity index (χ2v) is 7.75. The van der Waals surface area contributed by atoms with Crippen LogP contribution < -0.4 is 10.6 Å². The van der Waals surface area contributed by atoms with Crippen LogP contribution in [-0.2, 0) is 0 Å². The summed E-state index contributed by atoms with van der Waals surface area (Å²) in [4.78, 5) is 12.0. The van der Waals surface area contributed by atoms with Crippen LogP contribution in [0.3, 0.4) is 0 Å². The van der Waals surface area contributed by atoms with E-state index in [0.29, 0.717) is 0 Å². The summed E-state index contributed by atoms with van der Waals surface area (Å²) >= 11 is 1.96. The van der Waals surface area contributed by atoms with Gasteiger partial charge in [0.05, 0.1) is 0 Å². The van der Waals surface area contributed by atoms with E-state index in [0.717, 1.165) is 25.8 Å². The van der Waals surface area contributed by atoms with Crippen molar-refractivity contribution in [3.63, 3.8) is 0 Å². The first-order chi connectivity index (χ1) is 9.13. The van der Waals surface area contributed by atoms with Crippen molar-refractivity contribution >= 4 is 17.8 Å². The number of carbonyl (C=O) groups excluding carboxylic acids is 1. The van der Waals surface area contributed by atoms with E-state index in [1.165, 1.54) is 25.0 Å². The molecule has 2 amide bonds. The lowest BCUT2D eigenvalue weighted by molar-refractivity contribution is 0.153. The van der Waals surface area contributed by atoms with Gasteiger partial charge in [0.2, 0.25) is 0 Å². The minimum absolute atomic E-state index is 0.0703. The predicted octanol–water partition coefficient (Wildman–Crippen LogP) is 2.12. The molecule has 19 heavy (non-hydrogen) atoms. The molecule has 3 atom stereocenters. The third-order valence-electron chi connectivity index (χ3n) is 4.38. The van der Waals surface area contributed by atoms with Crippen molar-refractivity contribution in [3.05, 3.63) is 0 Å². The van der Waals surface area contributed by atoms with Crippen LogP contribution in [0.5, 0.6) is 0 Å². The van der Waals surface area contributed by atoms with E-state index in [1.54, 1.807) is 0 Å². The Kier molecular flexibility index (Phi) is 5.39. The fourth-order valence-electron chi connectivity index (χ4n) is 3.08. The molecule has 2 aliphatic rings. The van der Waals surface area contributed by atoms with E-state index in [9.17, 15) is 9.90 Å². The number of hydrogen-bond donors (Lipinski definition) is 3. The third-order valence-corrected chi connectivity index (χ3v) is 5.92. The van der Waals surface area contributed by atoms with Crippen molar-refractivity contribution in [2.24, 2.45) is 5.92 Å². The Balaban J connectivity index is 1.74. The van der Waals surface area contributed by atoms with Gasteiger partial charge in [-0.3, -0.25) is 0 Å². The monoisotopic (exact) mass is 286 g/mol. The number of aliphatic hydroxyl groups is 1. The van der Waals surface area contributed by atoms with Crippen molar-refractivity contribution in [2.75, 3.05) is 18.9 Å². The Bertz CT molecular complexity index is 306. The van der Waals surface area contributed by atoms with Gasteiger partial charge in [0.25, 0.3) is 0 Å². The molecule has 1 aliphatic heterocycles. The Morgan fingerprint density at radius 1 is 1.37 bits per heavy atom. The van der Waals surface area contributed by atoms with Crippen LogP contribution in [-0.4, -0.2) is 40.8 Å². The summed E-state index contributed by atoms with van der Waals surface area (Å²) in [5.41, 5.74) is 0. The molecule has 110 valence electrons. The molecule has 4 nitrogen and oxygen atoms in total. The first kappa shape index (κ1) is 15.0. The summed E-state index contributed by atoms with van der Waals surface area (Å²) in [5, 5.41) is 15.4. The number of amides is 2. The lowest BCUT2D eigenvalue weighted by Gasteiger charge is -2.31. The Morgan fingerprint density at radius 3 is 2.84 bits per heavy atom. The highest BCUT2D eigenvalue weighted by Crippen LogP contribution is 2.36. The second kappa shape index (κ2) is 6.84. The number of hydrogen-bond acceptors (Lipinski definition) is 3. The molecule has 1 aliphatic carbocycles. The lowest BCUT2D eigenvalue weighted by atomic mass is 9.85. The summed E-state index contributed by atoms with van der Waals surface area (Å²) < 4.78 is 0.209. The maximum atomic E-state index is 12.0. The quantitative estimate of drug-likeness (QED) is 0.742. The highest BCUT2D eigenvalue weighted by Gasteiger charge is 2.30. The van der Waals surface area contributed by atoms with Crippen molar-refractivity contribution in [2.45, 2.75) is 56.2 Å². The van der Waals surface area contributed by atoms with E-state index >= 15 is 0 Å². The number of aliphatic hydroxyl groups excluding tert-OH is 1. The number of rotatable bonds is 4. The maximum Gasteiger partial charge on any atom is 0.315 e. The van der Waals surface area contributed by atoms with E-state index in [2.05, 4.69) is 17.6 Å². The minimum Gasteiger partial charge on any atom is -0.396 e. The van der Waals surface area contributed by atoms with Gasteiger partial charge in [-0.2, -0.15) is 11.8 Å². The first-order valence-corrected chi connectivity index (χ1v) is 8.41. The van der Waals surface area contributed by atoms with Gasteiger partial charge in [-0.1, -0.05) is 12.8 Å². The van der Waals surface area contributed by atoms with E-state index in [-0.39, 0.29) is 29.3 Å². The molecule has 0 radical (unpaired) electrons. The summed E-state index contributed by atoms with van der Waals surface area (Å²) in [7, 11) is 0. The molecule has 5 heteroatoms. The zero-order valence-corrected chi connectivity index (χ0v) is 12.6. The number of urea groups is 1. The first-order valence-electron chi connectivity index (χ1n) is 7.42. The summed E-state index contributed by atoms with van der Waals surface area (Å²) in [5.74, 6) is 1.44. The maximum absolute atomic E-state index is 12.0. The molecule has 0 bridgehead atoms. The minimum atomic E-state index is -0.0703. The smallest absolute Gasteiger partial charge is 0.315 e. The van der Waals surface area contributed by atoms with Crippen LogP contribution in [0.4, 0.5) is 4.79 Å². The predicted molar refractivity (Wildman–Crippen MR) is 79.5 cm³/mol. The van der Waals surface area contributed by atoms with Crippen molar-refractivity contribution in [3.8, 4) is 0 Å². The largest absolute Gasteiger partial charge is 0.396 e. The van der Waals surface area contributed by atoms with E-state index in [4.69, 9.17) is 0 Å². The summed E-state index contributed by atoms with van der Waals surface area (Å²) in [6, 6.07) is 0.0712. The molecule has 2 fully saturated rings. The molecular weight excluding hydrogens is 260 g/mol. The average Bonchev–Trinajstić information content (AvgIpc) is 2.85. The topological polar surface area (TPSA) is 61.4 Å². The fraction of sp³-hybridized carbons (Fsp3) is 0.929. The third kappa shape index (κ3) is 4.28. The molecule has 1 saturated carbocycles. The lowest BCUT2D eigenvalue weighted by Crippen LogP contribution is -2.49. The summed E-state index contributed by atoms with van der Waals surface area (Å²) in [6.45, 7) is 3.14. The number of carbonyl (C=O) groups is 1. The van der Waals surface area contributed by atoms with Crippen molar-refractivity contribution < 1.29 is 9.90 Å². The van der Waals surface area contributed by atoms with Crippen LogP contribution in [0.1, 0.15) is 45.4 Å².